The number of piperazine rings is 1. The van der Waals surface area contributed by atoms with Crippen molar-refractivity contribution in [1.29, 1.82) is 0 Å². The molecule has 0 aliphatic carbocycles. The minimum Gasteiger partial charge on any atom is -0.335 e. The maximum absolute atomic E-state index is 13.2. The molecule has 2 aromatic carbocycles. The number of rotatable bonds is 5. The van der Waals surface area contributed by atoms with Gasteiger partial charge in [-0.15, -0.1) is 0 Å². The second-order valence-corrected chi connectivity index (χ2v) is 12.6. The first kappa shape index (κ1) is 24.7. The number of fused-ring (bicyclic) bond motifs is 5. The summed E-state index contributed by atoms with van der Waals surface area (Å²) < 4.78 is 29.8. The first-order valence-electron chi connectivity index (χ1n) is 12.2. The van der Waals surface area contributed by atoms with Gasteiger partial charge in [0.05, 0.1) is 11.4 Å². The summed E-state index contributed by atoms with van der Waals surface area (Å²) in [4.78, 5) is 32.3. The summed E-state index contributed by atoms with van der Waals surface area (Å²) in [6.07, 6.45) is 4.26. The van der Waals surface area contributed by atoms with Gasteiger partial charge < -0.3 is 9.80 Å². The lowest BCUT2D eigenvalue weighted by molar-refractivity contribution is -0.146. The number of carbonyl (C=O) groups is 2. The highest BCUT2D eigenvalue weighted by Gasteiger charge is 2.39. The van der Waals surface area contributed by atoms with E-state index in [1.54, 1.807) is 18.2 Å². The number of likely N-dealkylation sites (N-methyl/N-ethyl adjacent to an activating group) is 1. The molecule has 4 fully saturated rings. The number of sulfonamides is 1. The maximum Gasteiger partial charge on any atom is 0.242 e. The van der Waals surface area contributed by atoms with E-state index in [0.29, 0.717) is 32.0 Å². The molecule has 2 unspecified atom stereocenters. The van der Waals surface area contributed by atoms with Crippen LogP contribution in [0.4, 0.5) is 0 Å². The van der Waals surface area contributed by atoms with Crippen LogP contribution in [-0.4, -0.2) is 86.3 Å². The van der Waals surface area contributed by atoms with Gasteiger partial charge in [0.2, 0.25) is 21.8 Å². The van der Waals surface area contributed by atoms with E-state index in [2.05, 4.69) is 32.6 Å². The van der Waals surface area contributed by atoms with Crippen molar-refractivity contribution >= 4 is 48.5 Å². The highest BCUT2D eigenvalue weighted by atomic mass is 79.9. The third-order valence-electron chi connectivity index (χ3n) is 7.60. The van der Waals surface area contributed by atoms with Gasteiger partial charge in [0.1, 0.15) is 6.04 Å². The standard InChI is InChI=1S/C25H31BrN4O4S/c1-28-14-21-5-2-4-20(28)15-30(21)24(31)16-29-11-3-6-23(25(29)32)27-35(33,34)22-10-8-17-12-19(26)9-7-18(17)13-22/h7-10,12-13,20-21,23,27H,2-6,11,14-16H2,1H3/t20?,21?,23-/m0/s1. The van der Waals surface area contributed by atoms with Gasteiger partial charge >= 0.3 is 0 Å². The van der Waals surface area contributed by atoms with Crippen LogP contribution in [0.5, 0.6) is 0 Å². The van der Waals surface area contributed by atoms with E-state index >= 15 is 0 Å². The summed E-state index contributed by atoms with van der Waals surface area (Å²) in [5, 5.41) is 1.72. The van der Waals surface area contributed by atoms with Crippen LogP contribution in [0.1, 0.15) is 32.1 Å². The molecule has 1 N–H and O–H groups in total. The number of hydrogen-bond donors (Lipinski definition) is 1. The van der Waals surface area contributed by atoms with Crippen LogP contribution in [0.2, 0.25) is 0 Å². The number of benzene rings is 2. The minimum absolute atomic E-state index is 0.00878. The highest BCUT2D eigenvalue weighted by Crippen LogP contribution is 2.27. The predicted molar refractivity (Wildman–Crippen MR) is 137 cm³/mol. The molecule has 3 atom stereocenters. The van der Waals surface area contributed by atoms with E-state index in [4.69, 9.17) is 0 Å². The summed E-state index contributed by atoms with van der Waals surface area (Å²) in [6, 6.07) is 10.3. The Morgan fingerprint density at radius 1 is 1.03 bits per heavy atom. The molecule has 4 aliphatic rings. The van der Waals surface area contributed by atoms with Gasteiger partial charge in [-0.25, -0.2) is 8.42 Å². The Morgan fingerprint density at radius 2 is 1.77 bits per heavy atom. The second-order valence-electron chi connectivity index (χ2n) is 9.95. The monoisotopic (exact) mass is 562 g/mol. The number of nitrogens with one attached hydrogen (secondary N) is 1. The summed E-state index contributed by atoms with van der Waals surface area (Å²) in [6.45, 7) is 2.05. The lowest BCUT2D eigenvalue weighted by Gasteiger charge is -2.43. The zero-order valence-electron chi connectivity index (χ0n) is 19.8. The van der Waals surface area contributed by atoms with Gasteiger partial charge in [-0.1, -0.05) is 28.1 Å². The smallest absolute Gasteiger partial charge is 0.242 e. The van der Waals surface area contributed by atoms with Crippen LogP contribution in [-0.2, 0) is 19.6 Å². The predicted octanol–water partition coefficient (Wildman–Crippen LogP) is 2.57. The van der Waals surface area contributed by atoms with E-state index in [-0.39, 0.29) is 29.3 Å². The Balaban J connectivity index is 1.26. The third-order valence-corrected chi connectivity index (χ3v) is 9.57. The molecule has 4 saturated heterocycles. The summed E-state index contributed by atoms with van der Waals surface area (Å²) in [7, 11) is -1.78. The molecule has 188 valence electrons. The average molecular weight is 564 g/mol. The molecule has 35 heavy (non-hydrogen) atoms. The molecular weight excluding hydrogens is 532 g/mol. The lowest BCUT2D eigenvalue weighted by atomic mass is 10.1. The molecule has 10 heteroatoms. The second kappa shape index (κ2) is 9.80. The number of nitrogens with zero attached hydrogens (tertiary/aromatic N) is 3. The summed E-state index contributed by atoms with van der Waals surface area (Å²) in [5.74, 6) is -0.359. The third kappa shape index (κ3) is 5.12. The van der Waals surface area contributed by atoms with E-state index in [1.807, 2.05) is 23.1 Å². The molecule has 2 bridgehead atoms. The Labute approximate surface area is 214 Å². The zero-order valence-corrected chi connectivity index (χ0v) is 22.2. The van der Waals surface area contributed by atoms with E-state index in [1.165, 1.54) is 4.90 Å². The SMILES string of the molecule is CN1CC2CCCC1CN2C(=O)CN1CCC[C@H](NS(=O)(=O)c2ccc3cc(Br)ccc3c2)C1=O. The number of hydrogen-bond acceptors (Lipinski definition) is 5. The fourth-order valence-electron chi connectivity index (χ4n) is 5.63. The molecule has 0 spiro atoms. The fraction of sp³-hybridized carbons (Fsp3) is 0.520. The number of carbonyl (C=O) groups excluding carboxylic acids is 2. The normalized spacial score (nSPS) is 25.8. The molecule has 2 aromatic rings. The van der Waals surface area contributed by atoms with Crippen LogP contribution in [0.25, 0.3) is 10.8 Å². The largest absolute Gasteiger partial charge is 0.335 e. The van der Waals surface area contributed by atoms with Gasteiger partial charge in [0.15, 0.2) is 0 Å². The van der Waals surface area contributed by atoms with Crippen LogP contribution in [0, 0.1) is 0 Å². The van der Waals surface area contributed by atoms with Gasteiger partial charge in [-0.2, -0.15) is 4.72 Å². The lowest BCUT2D eigenvalue weighted by Crippen LogP contribution is -2.60. The molecule has 8 nitrogen and oxygen atoms in total. The van der Waals surface area contributed by atoms with Crippen LogP contribution in [0.15, 0.2) is 45.8 Å². The number of likely N-dealkylation sites (tertiary alicyclic amines) is 1. The molecule has 0 saturated carbocycles. The van der Waals surface area contributed by atoms with Gasteiger partial charge in [-0.05, 0) is 74.2 Å². The van der Waals surface area contributed by atoms with Crippen LogP contribution >= 0.6 is 15.9 Å². The number of halogens is 1. The minimum atomic E-state index is -3.89. The van der Waals surface area contributed by atoms with E-state index in [0.717, 1.165) is 41.1 Å². The van der Waals surface area contributed by atoms with Crippen LogP contribution < -0.4 is 4.72 Å². The molecule has 4 aliphatic heterocycles. The van der Waals surface area contributed by atoms with Crippen molar-refractivity contribution in [3.63, 3.8) is 0 Å². The topological polar surface area (TPSA) is 90.0 Å². The van der Waals surface area contributed by atoms with Gasteiger partial charge in [0.25, 0.3) is 0 Å². The van der Waals surface area contributed by atoms with Crippen LogP contribution in [0.3, 0.4) is 0 Å². The van der Waals surface area contributed by atoms with Gasteiger partial charge in [-0.3, -0.25) is 14.5 Å². The molecular formula is C25H31BrN4O4S. The molecule has 4 heterocycles. The van der Waals surface area contributed by atoms with Crippen molar-refractivity contribution in [1.82, 2.24) is 19.4 Å². The van der Waals surface area contributed by atoms with Gasteiger partial charge in [0, 0.05) is 36.2 Å². The van der Waals surface area contributed by atoms with Crippen molar-refractivity contribution < 1.29 is 18.0 Å². The van der Waals surface area contributed by atoms with Crippen molar-refractivity contribution in [2.75, 3.05) is 33.2 Å². The Hall–Kier alpha value is -2.01. The molecule has 0 aromatic heterocycles. The van der Waals surface area contributed by atoms with Crippen molar-refractivity contribution in [2.45, 2.75) is 55.1 Å². The Bertz CT molecular complexity index is 1250. The summed E-state index contributed by atoms with van der Waals surface area (Å²) >= 11 is 3.42. The van der Waals surface area contributed by atoms with Crippen molar-refractivity contribution in [2.24, 2.45) is 0 Å². The number of amides is 2. The van der Waals surface area contributed by atoms with Crippen molar-refractivity contribution in [3.05, 3.63) is 40.9 Å². The number of piperidine rings is 1. The molecule has 2 amide bonds. The first-order valence-corrected chi connectivity index (χ1v) is 14.5. The van der Waals surface area contributed by atoms with E-state index < -0.39 is 16.1 Å². The molecule has 0 radical (unpaired) electrons. The van der Waals surface area contributed by atoms with Crippen molar-refractivity contribution in [3.8, 4) is 0 Å². The first-order chi connectivity index (χ1) is 16.7. The van der Waals surface area contributed by atoms with E-state index in [9.17, 15) is 18.0 Å². The highest BCUT2D eigenvalue weighted by molar-refractivity contribution is 9.10. The quantitative estimate of drug-likeness (QED) is 0.604. The Kier molecular flexibility index (Phi) is 6.91. The summed E-state index contributed by atoms with van der Waals surface area (Å²) in [5.41, 5.74) is 0. The average Bonchev–Trinajstić information content (AvgIpc) is 3.14. The zero-order chi connectivity index (χ0) is 24.7. The fourth-order valence-corrected chi connectivity index (χ4v) is 7.26. The maximum atomic E-state index is 13.2. The molecule has 6 rings (SSSR count). The Morgan fingerprint density at radius 3 is 2.60 bits per heavy atom.